The highest BCUT2D eigenvalue weighted by molar-refractivity contribution is 9.29. The van der Waals surface area contributed by atoms with Crippen LogP contribution in [-0.4, -0.2) is 5.11 Å². The smallest absolute Gasteiger partial charge is 0.227 e. The Balaban J connectivity index is 3.41. The third kappa shape index (κ3) is 2.49. The van der Waals surface area contributed by atoms with E-state index in [1.165, 1.54) is 13.0 Å². The summed E-state index contributed by atoms with van der Waals surface area (Å²) in [6, 6.07) is 1.20. The molecule has 76 valence electrons. The Morgan fingerprint density at radius 2 is 2.00 bits per heavy atom. The summed E-state index contributed by atoms with van der Waals surface area (Å²) in [6.45, 7) is 1.52. The normalized spacial score (nSPS) is 10.0. The van der Waals surface area contributed by atoms with Crippen LogP contribution in [0.3, 0.4) is 0 Å². The number of rotatable bonds is 1. The molecule has 0 aliphatic carbocycles. The van der Waals surface area contributed by atoms with Gasteiger partial charge in [-0.2, -0.15) is 0 Å². The van der Waals surface area contributed by atoms with Gasteiger partial charge in [0.1, 0.15) is 11.5 Å². The molecule has 0 aliphatic rings. The first-order chi connectivity index (χ1) is 6.43. The monoisotopic (exact) mass is 386 g/mol. The van der Waals surface area contributed by atoms with Crippen LogP contribution >= 0.6 is 47.8 Å². The van der Waals surface area contributed by atoms with Crippen LogP contribution in [-0.2, 0) is 0 Å². The van der Waals surface area contributed by atoms with Gasteiger partial charge in [0.05, 0.1) is 7.87 Å². The zero-order chi connectivity index (χ0) is 10.9. The summed E-state index contributed by atoms with van der Waals surface area (Å²) < 4.78 is 6.39. The predicted octanol–water partition coefficient (Wildman–Crippen LogP) is 3.46. The largest absolute Gasteiger partial charge is 0.502 e. The molecule has 0 aliphatic heterocycles. The predicted molar refractivity (Wildman–Crippen MR) is 65.1 cm³/mol. The van der Waals surface area contributed by atoms with Crippen LogP contribution in [0.2, 0.25) is 0 Å². The van der Waals surface area contributed by atoms with Crippen molar-refractivity contribution >= 4 is 52.3 Å². The van der Waals surface area contributed by atoms with Crippen LogP contribution in [0.5, 0.6) is 5.75 Å². The van der Waals surface area contributed by atoms with Crippen LogP contribution in [0.4, 0.5) is 0 Å². The Bertz CT molecular complexity index is 444. The van der Waals surface area contributed by atoms with E-state index in [2.05, 4.69) is 47.8 Å². The lowest BCUT2D eigenvalue weighted by atomic mass is 10.3. The molecule has 0 saturated heterocycles. The Morgan fingerprint density at radius 3 is 2.43 bits per heavy atom. The van der Waals surface area contributed by atoms with Crippen LogP contribution in [0.25, 0.3) is 4.48 Å². The molecular weight excluding hydrogens is 384 g/mol. The molecule has 3 nitrogen and oxygen atoms in total. The second-order valence-corrected chi connectivity index (χ2v) is 5.90. The molecular formula is C8H5Br3O3. The quantitative estimate of drug-likeness (QED) is 0.801. The van der Waals surface area contributed by atoms with Crippen molar-refractivity contribution in [3.8, 4) is 5.75 Å². The molecule has 0 saturated carbocycles. The molecule has 0 atom stereocenters. The summed E-state index contributed by atoms with van der Waals surface area (Å²) in [4.78, 5) is 11.2. The molecule has 1 aromatic rings. The van der Waals surface area contributed by atoms with Crippen LogP contribution in [0, 0.1) is 6.92 Å². The summed E-state index contributed by atoms with van der Waals surface area (Å²) in [7, 11) is 0. The van der Waals surface area contributed by atoms with E-state index in [1.807, 2.05) is 0 Å². The van der Waals surface area contributed by atoms with Crippen molar-refractivity contribution < 1.29 is 9.52 Å². The topological polar surface area (TPSA) is 50.4 Å². The van der Waals surface area contributed by atoms with Gasteiger partial charge in [0, 0.05) is 6.07 Å². The van der Waals surface area contributed by atoms with Gasteiger partial charge in [-0.3, -0.25) is 4.79 Å². The Morgan fingerprint density at radius 1 is 1.43 bits per heavy atom. The van der Waals surface area contributed by atoms with E-state index in [0.717, 1.165) is 0 Å². The van der Waals surface area contributed by atoms with Crippen molar-refractivity contribution in [3.63, 3.8) is 0 Å². The van der Waals surface area contributed by atoms with E-state index in [1.54, 1.807) is 0 Å². The van der Waals surface area contributed by atoms with E-state index in [-0.39, 0.29) is 11.5 Å². The SMILES string of the molecule is Cc1oc(C(Br)=C(Br)Br)cc(=O)c1O. The molecule has 0 aromatic carbocycles. The maximum absolute atomic E-state index is 11.2. The van der Waals surface area contributed by atoms with Crippen molar-refractivity contribution in [2.24, 2.45) is 0 Å². The van der Waals surface area contributed by atoms with Gasteiger partial charge in [0.15, 0.2) is 0 Å². The Labute approximate surface area is 105 Å². The fourth-order valence-electron chi connectivity index (χ4n) is 0.805. The zero-order valence-corrected chi connectivity index (χ0v) is 11.7. The average molecular weight is 389 g/mol. The van der Waals surface area contributed by atoms with E-state index in [0.29, 0.717) is 13.6 Å². The van der Waals surface area contributed by atoms with Gasteiger partial charge in [-0.05, 0) is 54.7 Å². The second-order valence-electron chi connectivity index (χ2n) is 2.45. The molecule has 0 radical (unpaired) electrons. The first-order valence-electron chi connectivity index (χ1n) is 3.48. The molecule has 0 amide bonds. The minimum absolute atomic E-state index is 0.186. The Kier molecular flexibility index (Phi) is 3.97. The lowest BCUT2D eigenvalue weighted by molar-refractivity contribution is 0.408. The molecule has 1 heterocycles. The maximum atomic E-state index is 11.2. The van der Waals surface area contributed by atoms with Gasteiger partial charge in [-0.1, -0.05) is 0 Å². The molecule has 0 bridgehead atoms. The van der Waals surface area contributed by atoms with Crippen LogP contribution in [0.1, 0.15) is 11.5 Å². The molecule has 6 heteroatoms. The standard InChI is InChI=1S/C8H5Br3O3/c1-3-7(13)4(12)2-5(14-3)6(9)8(10)11/h2,13H,1H3. The van der Waals surface area contributed by atoms with Crippen LogP contribution in [0.15, 0.2) is 18.7 Å². The average Bonchev–Trinajstić information content (AvgIpc) is 2.12. The lowest BCUT2D eigenvalue weighted by Crippen LogP contribution is -2.01. The van der Waals surface area contributed by atoms with Crippen molar-refractivity contribution in [3.05, 3.63) is 31.2 Å². The molecule has 1 N–H and O–H groups in total. The highest BCUT2D eigenvalue weighted by atomic mass is 79.9. The van der Waals surface area contributed by atoms with Crippen LogP contribution < -0.4 is 5.43 Å². The van der Waals surface area contributed by atoms with Gasteiger partial charge in [0.25, 0.3) is 0 Å². The molecule has 1 rings (SSSR count). The fraction of sp³-hybridized carbons (Fsp3) is 0.125. The van der Waals surface area contributed by atoms with Gasteiger partial charge >= 0.3 is 0 Å². The van der Waals surface area contributed by atoms with Gasteiger partial charge < -0.3 is 9.52 Å². The number of hydrogen-bond acceptors (Lipinski definition) is 3. The van der Waals surface area contributed by atoms with Gasteiger partial charge in [0.2, 0.25) is 11.2 Å². The highest BCUT2D eigenvalue weighted by Crippen LogP contribution is 2.32. The summed E-state index contributed by atoms with van der Waals surface area (Å²) >= 11 is 9.55. The minimum Gasteiger partial charge on any atom is -0.502 e. The van der Waals surface area contributed by atoms with E-state index in [9.17, 15) is 9.90 Å². The summed E-state index contributed by atoms with van der Waals surface area (Å²) in [6.07, 6.45) is 0. The third-order valence-corrected chi connectivity index (χ3v) is 4.12. The van der Waals surface area contributed by atoms with Crippen molar-refractivity contribution in [2.75, 3.05) is 0 Å². The van der Waals surface area contributed by atoms with E-state index < -0.39 is 5.43 Å². The first-order valence-corrected chi connectivity index (χ1v) is 5.86. The molecule has 0 unspecified atom stereocenters. The molecule has 0 spiro atoms. The number of hydrogen-bond donors (Lipinski definition) is 1. The number of aromatic hydroxyl groups is 1. The Hall–Kier alpha value is -0.0700. The van der Waals surface area contributed by atoms with Crippen molar-refractivity contribution in [1.82, 2.24) is 0 Å². The van der Waals surface area contributed by atoms with E-state index >= 15 is 0 Å². The minimum atomic E-state index is -0.470. The molecule has 1 aromatic heterocycles. The van der Waals surface area contributed by atoms with Gasteiger partial charge in [-0.15, -0.1) is 0 Å². The third-order valence-electron chi connectivity index (χ3n) is 1.47. The van der Waals surface area contributed by atoms with Crippen molar-refractivity contribution in [2.45, 2.75) is 6.92 Å². The first kappa shape index (κ1) is 12.0. The molecule has 0 fully saturated rings. The van der Waals surface area contributed by atoms with Crippen molar-refractivity contribution in [1.29, 1.82) is 0 Å². The summed E-state index contributed by atoms with van der Waals surface area (Å²) in [5, 5.41) is 9.19. The zero-order valence-electron chi connectivity index (χ0n) is 6.97. The fourth-order valence-corrected chi connectivity index (χ4v) is 1.39. The number of halogens is 3. The maximum Gasteiger partial charge on any atom is 0.227 e. The number of aryl methyl sites for hydroxylation is 1. The van der Waals surface area contributed by atoms with E-state index in [4.69, 9.17) is 4.42 Å². The summed E-state index contributed by atoms with van der Waals surface area (Å²) in [5.41, 5.74) is -0.470. The highest BCUT2D eigenvalue weighted by Gasteiger charge is 2.10. The van der Waals surface area contributed by atoms with Gasteiger partial charge in [-0.25, -0.2) is 0 Å². The second kappa shape index (κ2) is 4.63. The lowest BCUT2D eigenvalue weighted by Gasteiger charge is -2.02. The molecule has 14 heavy (non-hydrogen) atoms. The summed E-state index contributed by atoms with van der Waals surface area (Å²) in [5.74, 6) is 0.166.